The van der Waals surface area contributed by atoms with Gasteiger partial charge in [-0.15, -0.1) is 0 Å². The second-order valence-corrected chi connectivity index (χ2v) is 8.84. The van der Waals surface area contributed by atoms with Gasteiger partial charge in [-0.05, 0) is 66.6 Å². The molecule has 1 aliphatic rings. The Morgan fingerprint density at radius 2 is 1.86 bits per heavy atom. The molecule has 0 bridgehead atoms. The summed E-state index contributed by atoms with van der Waals surface area (Å²) in [5.74, 6) is -0.241. The summed E-state index contributed by atoms with van der Waals surface area (Å²) in [5.41, 5.74) is 4.50. The number of carbonyl (C=O) groups is 2. The molecule has 0 saturated heterocycles. The number of unbranched alkanes of at least 4 members (excludes halogenated alkanes) is 1. The zero-order chi connectivity index (χ0) is 24.9. The Bertz CT molecular complexity index is 1250. The number of non-ortho nitro benzene ring substituents is 1. The van der Waals surface area contributed by atoms with Crippen LogP contribution in [-0.4, -0.2) is 28.4 Å². The average Bonchev–Trinajstić information content (AvgIpc) is 2.86. The van der Waals surface area contributed by atoms with Gasteiger partial charge in [0.2, 0.25) is 0 Å². The highest BCUT2D eigenvalue weighted by atomic mass is 79.9. The smallest absolute Gasteiger partial charge is 0.276 e. The molecule has 1 aliphatic heterocycles. The van der Waals surface area contributed by atoms with Crippen LogP contribution in [0.1, 0.15) is 52.2 Å². The molecule has 10 heteroatoms. The van der Waals surface area contributed by atoms with Crippen LogP contribution in [0, 0.1) is 10.1 Å². The summed E-state index contributed by atoms with van der Waals surface area (Å²) >= 11 is 3.37. The number of rotatable bonds is 8. The number of nitro groups is 1. The molecular weight excluding hydrogens is 516 g/mol. The van der Waals surface area contributed by atoms with Crippen molar-refractivity contribution in [1.29, 1.82) is 0 Å². The molecule has 0 fully saturated rings. The zero-order valence-corrected chi connectivity index (χ0v) is 20.4. The molecule has 35 heavy (non-hydrogen) atoms. The third-order valence-corrected chi connectivity index (χ3v) is 6.00. The molecule has 2 amide bonds. The van der Waals surface area contributed by atoms with E-state index in [1.807, 2.05) is 0 Å². The Balaban J connectivity index is 1.60. The van der Waals surface area contributed by atoms with Crippen LogP contribution < -0.4 is 15.5 Å². The molecule has 3 aromatic rings. The molecule has 1 atom stereocenters. The minimum absolute atomic E-state index is 0.0722. The summed E-state index contributed by atoms with van der Waals surface area (Å²) in [6.45, 7) is 2.68. The molecule has 1 heterocycles. The Morgan fingerprint density at radius 3 is 2.51 bits per heavy atom. The number of hydrogen-bond acceptors (Lipinski definition) is 6. The highest BCUT2D eigenvalue weighted by molar-refractivity contribution is 9.10. The van der Waals surface area contributed by atoms with E-state index in [0.717, 1.165) is 12.8 Å². The van der Waals surface area contributed by atoms with Crippen molar-refractivity contribution in [2.75, 3.05) is 11.9 Å². The maximum Gasteiger partial charge on any atom is 0.276 e. The standard InChI is InChI=1S/C25H23BrN4O5/c1-2-3-14-35-20-11-6-17(7-12-20)24(31)28-29-23(16-4-9-19(10-5-16)30(33)34)27-22-13-8-18(26)15-21(22)25(29)32/h4-13,15,23,27H,2-3,14H2,1H3,(H,28,31)/t23-/m0/s1. The van der Waals surface area contributed by atoms with Gasteiger partial charge in [0, 0.05) is 27.9 Å². The van der Waals surface area contributed by atoms with Crippen LogP contribution in [0.4, 0.5) is 11.4 Å². The SMILES string of the molecule is CCCCOc1ccc(C(=O)NN2C(=O)c3cc(Br)ccc3N[C@@H]2c2ccc([N+](=O)[O-])cc2)cc1. The van der Waals surface area contributed by atoms with E-state index in [9.17, 15) is 19.7 Å². The molecule has 2 N–H and O–H groups in total. The van der Waals surface area contributed by atoms with E-state index in [4.69, 9.17) is 4.74 Å². The topological polar surface area (TPSA) is 114 Å². The fourth-order valence-electron chi connectivity index (χ4n) is 3.62. The van der Waals surface area contributed by atoms with E-state index < -0.39 is 22.9 Å². The lowest BCUT2D eigenvalue weighted by molar-refractivity contribution is -0.384. The summed E-state index contributed by atoms with van der Waals surface area (Å²) in [6, 6.07) is 17.7. The van der Waals surface area contributed by atoms with Gasteiger partial charge in [0.05, 0.1) is 17.1 Å². The van der Waals surface area contributed by atoms with Crippen LogP contribution in [0.3, 0.4) is 0 Å². The van der Waals surface area contributed by atoms with Gasteiger partial charge in [-0.1, -0.05) is 29.3 Å². The quantitative estimate of drug-likeness (QED) is 0.224. The van der Waals surface area contributed by atoms with Gasteiger partial charge in [0.25, 0.3) is 17.5 Å². The Morgan fingerprint density at radius 1 is 1.14 bits per heavy atom. The maximum absolute atomic E-state index is 13.4. The number of ether oxygens (including phenoxy) is 1. The average molecular weight is 539 g/mol. The van der Waals surface area contributed by atoms with Crippen LogP contribution in [0.5, 0.6) is 5.75 Å². The molecule has 0 radical (unpaired) electrons. The summed E-state index contributed by atoms with van der Waals surface area (Å²) in [7, 11) is 0. The fourth-order valence-corrected chi connectivity index (χ4v) is 3.98. The van der Waals surface area contributed by atoms with Gasteiger partial charge in [-0.2, -0.15) is 0 Å². The lowest BCUT2D eigenvalue weighted by atomic mass is 10.0. The molecule has 0 unspecified atom stereocenters. The molecular formula is C25H23BrN4O5. The predicted molar refractivity (Wildman–Crippen MR) is 134 cm³/mol. The molecule has 9 nitrogen and oxygen atoms in total. The number of nitrogens with one attached hydrogen (secondary N) is 2. The van der Waals surface area contributed by atoms with Crippen LogP contribution >= 0.6 is 15.9 Å². The van der Waals surface area contributed by atoms with Crippen molar-refractivity contribution in [3.8, 4) is 5.75 Å². The lowest BCUT2D eigenvalue weighted by Gasteiger charge is -2.37. The van der Waals surface area contributed by atoms with Crippen LogP contribution in [0.15, 0.2) is 71.2 Å². The predicted octanol–water partition coefficient (Wildman–Crippen LogP) is 5.45. The van der Waals surface area contributed by atoms with Crippen molar-refractivity contribution in [2.24, 2.45) is 0 Å². The summed E-state index contributed by atoms with van der Waals surface area (Å²) < 4.78 is 6.35. The highest BCUT2D eigenvalue weighted by Crippen LogP contribution is 2.34. The third-order valence-electron chi connectivity index (χ3n) is 5.51. The van der Waals surface area contributed by atoms with Gasteiger partial charge in [-0.25, -0.2) is 5.01 Å². The second-order valence-electron chi connectivity index (χ2n) is 7.93. The Hall–Kier alpha value is -3.92. The number of halogens is 1. The van der Waals surface area contributed by atoms with Crippen LogP contribution in [0.25, 0.3) is 0 Å². The monoisotopic (exact) mass is 538 g/mol. The third kappa shape index (κ3) is 5.43. The summed E-state index contributed by atoms with van der Waals surface area (Å²) in [6.07, 6.45) is 1.18. The van der Waals surface area contributed by atoms with Gasteiger partial charge >= 0.3 is 0 Å². The van der Waals surface area contributed by atoms with Gasteiger partial charge < -0.3 is 10.1 Å². The van der Waals surface area contributed by atoms with Crippen molar-refractivity contribution in [3.63, 3.8) is 0 Å². The van der Waals surface area contributed by atoms with E-state index >= 15 is 0 Å². The normalized spacial score (nSPS) is 14.6. The second kappa shape index (κ2) is 10.6. The number of benzene rings is 3. The fraction of sp³-hybridized carbons (Fsp3) is 0.200. The van der Waals surface area contributed by atoms with Crippen molar-refractivity contribution in [1.82, 2.24) is 10.4 Å². The molecule has 4 rings (SSSR count). The van der Waals surface area contributed by atoms with E-state index in [1.165, 1.54) is 17.1 Å². The first-order valence-corrected chi connectivity index (χ1v) is 11.8. The van der Waals surface area contributed by atoms with Crippen molar-refractivity contribution < 1.29 is 19.2 Å². The first kappa shape index (κ1) is 24.2. The number of nitro benzene ring substituents is 1. The van der Waals surface area contributed by atoms with Gasteiger partial charge in [-0.3, -0.25) is 25.1 Å². The number of hydrogen-bond donors (Lipinski definition) is 2. The van der Waals surface area contributed by atoms with Gasteiger partial charge in [0.1, 0.15) is 11.9 Å². The molecule has 0 saturated carbocycles. The minimum atomic E-state index is -0.780. The number of anilines is 1. The number of carbonyl (C=O) groups excluding carboxylic acids is 2. The summed E-state index contributed by atoms with van der Waals surface area (Å²) in [5, 5.41) is 15.5. The lowest BCUT2D eigenvalue weighted by Crippen LogP contribution is -2.52. The highest BCUT2D eigenvalue weighted by Gasteiger charge is 2.35. The largest absolute Gasteiger partial charge is 0.494 e. The van der Waals surface area contributed by atoms with E-state index in [1.54, 1.807) is 54.6 Å². The van der Waals surface area contributed by atoms with Crippen molar-refractivity contribution in [3.05, 3.63) is 98.0 Å². The molecule has 180 valence electrons. The van der Waals surface area contributed by atoms with E-state index in [0.29, 0.717) is 39.2 Å². The molecule has 3 aromatic carbocycles. The van der Waals surface area contributed by atoms with E-state index in [2.05, 4.69) is 33.6 Å². The molecule has 0 aliphatic carbocycles. The minimum Gasteiger partial charge on any atom is -0.494 e. The molecule has 0 aromatic heterocycles. The number of amides is 2. The Labute approximate surface area is 210 Å². The first-order chi connectivity index (χ1) is 16.9. The van der Waals surface area contributed by atoms with Crippen LogP contribution in [0.2, 0.25) is 0 Å². The van der Waals surface area contributed by atoms with Crippen molar-refractivity contribution in [2.45, 2.75) is 25.9 Å². The van der Waals surface area contributed by atoms with Gasteiger partial charge in [0.15, 0.2) is 0 Å². The van der Waals surface area contributed by atoms with E-state index in [-0.39, 0.29) is 5.69 Å². The zero-order valence-electron chi connectivity index (χ0n) is 18.9. The maximum atomic E-state index is 13.4. The van der Waals surface area contributed by atoms with Crippen molar-refractivity contribution >= 4 is 39.1 Å². The Kier molecular flexibility index (Phi) is 7.31. The first-order valence-electron chi connectivity index (χ1n) is 11.0. The summed E-state index contributed by atoms with van der Waals surface area (Å²) in [4.78, 5) is 37.0. The number of hydrazine groups is 1. The number of fused-ring (bicyclic) bond motifs is 1. The molecule has 0 spiro atoms. The number of nitrogens with zero attached hydrogens (tertiary/aromatic N) is 2. The van der Waals surface area contributed by atoms with Crippen LogP contribution in [-0.2, 0) is 0 Å².